The molecule has 102 valence electrons. The van der Waals surface area contributed by atoms with Gasteiger partial charge in [-0.1, -0.05) is 29.8 Å². The van der Waals surface area contributed by atoms with E-state index in [4.69, 9.17) is 4.74 Å². The van der Waals surface area contributed by atoms with Crippen molar-refractivity contribution in [3.8, 4) is 0 Å². The predicted octanol–water partition coefficient (Wildman–Crippen LogP) is 1.83. The molecule has 3 aliphatic rings. The van der Waals surface area contributed by atoms with Crippen molar-refractivity contribution in [3.63, 3.8) is 0 Å². The van der Waals surface area contributed by atoms with Gasteiger partial charge in [0.2, 0.25) is 11.8 Å². The number of hydrogen-bond acceptors (Lipinski definition) is 3. The highest BCUT2D eigenvalue weighted by atomic mass is 16.5. The Morgan fingerprint density at radius 2 is 1.85 bits per heavy atom. The van der Waals surface area contributed by atoms with Crippen LogP contribution in [0.1, 0.15) is 12.5 Å². The van der Waals surface area contributed by atoms with Gasteiger partial charge >= 0.3 is 0 Å². The average Bonchev–Trinajstić information content (AvgIpc) is 3.01. The van der Waals surface area contributed by atoms with Crippen LogP contribution in [0.5, 0.6) is 0 Å². The summed E-state index contributed by atoms with van der Waals surface area (Å²) in [6.07, 6.45) is 3.57. The molecule has 4 nitrogen and oxygen atoms in total. The minimum atomic E-state index is -0.623. The quantitative estimate of drug-likeness (QED) is 0.577. The Kier molecular flexibility index (Phi) is 2.12. The van der Waals surface area contributed by atoms with Crippen molar-refractivity contribution in [2.24, 2.45) is 11.8 Å². The summed E-state index contributed by atoms with van der Waals surface area (Å²) in [5.41, 5.74) is 1.13. The molecule has 1 aromatic carbocycles. The lowest BCUT2D eigenvalue weighted by Gasteiger charge is -2.24. The van der Waals surface area contributed by atoms with Crippen molar-refractivity contribution in [3.05, 3.63) is 42.0 Å². The molecule has 0 saturated carbocycles. The predicted molar refractivity (Wildman–Crippen MR) is 73.1 cm³/mol. The molecule has 4 rings (SSSR count). The first-order chi connectivity index (χ1) is 9.51. The van der Waals surface area contributed by atoms with E-state index in [0.29, 0.717) is 5.69 Å². The molecular weight excluding hydrogens is 254 g/mol. The molecule has 4 heteroatoms. The summed E-state index contributed by atoms with van der Waals surface area (Å²) < 4.78 is 5.79. The van der Waals surface area contributed by atoms with Gasteiger partial charge in [-0.15, -0.1) is 0 Å². The molecule has 4 atom stereocenters. The summed E-state index contributed by atoms with van der Waals surface area (Å²) >= 11 is 0. The van der Waals surface area contributed by atoms with Gasteiger partial charge in [0, 0.05) is 0 Å². The number of carbonyl (C=O) groups excluding carboxylic acids is 2. The van der Waals surface area contributed by atoms with Crippen LogP contribution in [-0.2, 0) is 14.3 Å². The zero-order valence-corrected chi connectivity index (χ0v) is 11.4. The van der Waals surface area contributed by atoms with Crippen LogP contribution in [0, 0.1) is 18.8 Å². The van der Waals surface area contributed by atoms with Crippen LogP contribution in [0.3, 0.4) is 0 Å². The number of carbonyl (C=O) groups is 2. The highest BCUT2D eigenvalue weighted by molar-refractivity contribution is 6.23. The number of aryl methyl sites for hydroxylation is 1. The van der Waals surface area contributed by atoms with E-state index in [1.807, 2.05) is 50.3 Å². The second-order valence-electron chi connectivity index (χ2n) is 5.98. The van der Waals surface area contributed by atoms with Crippen molar-refractivity contribution in [2.45, 2.75) is 25.6 Å². The van der Waals surface area contributed by atoms with Crippen molar-refractivity contribution < 1.29 is 14.3 Å². The fourth-order valence-corrected chi connectivity index (χ4v) is 3.60. The first kappa shape index (κ1) is 11.9. The number of imide groups is 1. The van der Waals surface area contributed by atoms with E-state index in [1.165, 1.54) is 4.90 Å². The zero-order valence-electron chi connectivity index (χ0n) is 11.4. The summed E-state index contributed by atoms with van der Waals surface area (Å²) in [7, 11) is 0. The molecule has 3 aliphatic heterocycles. The number of benzene rings is 1. The first-order valence-electron chi connectivity index (χ1n) is 6.83. The van der Waals surface area contributed by atoms with Crippen LogP contribution in [0.15, 0.2) is 36.4 Å². The smallest absolute Gasteiger partial charge is 0.241 e. The van der Waals surface area contributed by atoms with Crippen molar-refractivity contribution in [1.29, 1.82) is 0 Å². The molecule has 2 amide bonds. The van der Waals surface area contributed by atoms with Gasteiger partial charge in [-0.05, 0) is 26.0 Å². The first-order valence-corrected chi connectivity index (χ1v) is 6.83. The van der Waals surface area contributed by atoms with E-state index in [9.17, 15) is 9.59 Å². The van der Waals surface area contributed by atoms with Crippen LogP contribution in [0.2, 0.25) is 0 Å². The van der Waals surface area contributed by atoms with Crippen molar-refractivity contribution >= 4 is 17.5 Å². The highest BCUT2D eigenvalue weighted by Crippen LogP contribution is 2.52. The molecular formula is C16H15NO3. The van der Waals surface area contributed by atoms with Gasteiger partial charge in [0.15, 0.2) is 0 Å². The van der Waals surface area contributed by atoms with E-state index < -0.39 is 5.60 Å². The van der Waals surface area contributed by atoms with Crippen LogP contribution in [0.25, 0.3) is 0 Å². The van der Waals surface area contributed by atoms with E-state index in [1.54, 1.807) is 0 Å². The van der Waals surface area contributed by atoms with Gasteiger partial charge in [0.1, 0.15) is 0 Å². The highest BCUT2D eigenvalue weighted by Gasteiger charge is 2.65. The number of rotatable bonds is 1. The van der Waals surface area contributed by atoms with Gasteiger partial charge in [0.25, 0.3) is 0 Å². The summed E-state index contributed by atoms with van der Waals surface area (Å²) in [4.78, 5) is 26.6. The SMILES string of the molecule is Cc1ccc(N2C(=O)[C@H]3[C@@H]4C=C[C@@](C)(O4)[C@@H]3C2=O)cc1. The maximum Gasteiger partial charge on any atom is 0.241 e. The third-order valence-corrected chi connectivity index (χ3v) is 4.62. The van der Waals surface area contributed by atoms with Crippen LogP contribution >= 0.6 is 0 Å². The second kappa shape index (κ2) is 3.58. The molecule has 1 aromatic rings. The summed E-state index contributed by atoms with van der Waals surface area (Å²) in [5, 5.41) is 0. The normalized spacial score (nSPS) is 37.9. The minimum absolute atomic E-state index is 0.137. The number of anilines is 1. The van der Waals surface area contributed by atoms with Crippen molar-refractivity contribution in [1.82, 2.24) is 0 Å². The maximum absolute atomic E-state index is 12.7. The molecule has 0 radical (unpaired) electrons. The molecule has 0 unspecified atom stereocenters. The maximum atomic E-state index is 12.7. The van der Waals surface area contributed by atoms with E-state index >= 15 is 0 Å². The summed E-state index contributed by atoms with van der Waals surface area (Å²) in [5.74, 6) is -1.02. The Morgan fingerprint density at radius 3 is 2.50 bits per heavy atom. The lowest BCUT2D eigenvalue weighted by Crippen LogP contribution is -2.38. The number of hydrogen-bond donors (Lipinski definition) is 0. The lowest BCUT2D eigenvalue weighted by atomic mass is 9.78. The Labute approximate surface area is 117 Å². The topological polar surface area (TPSA) is 46.6 Å². The summed E-state index contributed by atoms with van der Waals surface area (Å²) in [6.45, 7) is 3.86. The molecule has 2 fully saturated rings. The van der Waals surface area contributed by atoms with Gasteiger partial charge in [0.05, 0.1) is 29.2 Å². The molecule has 0 aliphatic carbocycles. The average molecular weight is 269 g/mol. The van der Waals surface area contributed by atoms with Gasteiger partial charge in [-0.3, -0.25) is 9.59 Å². The van der Waals surface area contributed by atoms with Crippen LogP contribution in [0.4, 0.5) is 5.69 Å². The van der Waals surface area contributed by atoms with Gasteiger partial charge in [-0.25, -0.2) is 4.90 Å². The Morgan fingerprint density at radius 1 is 1.15 bits per heavy atom. The Bertz CT molecular complexity index is 648. The van der Waals surface area contributed by atoms with Gasteiger partial charge < -0.3 is 4.74 Å². The third-order valence-electron chi connectivity index (χ3n) is 4.62. The molecule has 0 spiro atoms. The van der Waals surface area contributed by atoms with Crippen molar-refractivity contribution in [2.75, 3.05) is 4.90 Å². The standard InChI is InChI=1S/C16H15NO3/c1-9-3-5-10(6-4-9)17-14(18)12-11-7-8-16(2,20-11)13(12)15(17)19/h3-8,11-13H,1-2H3/t11-,12-,13-,16+/m0/s1. The van der Waals surface area contributed by atoms with Crippen LogP contribution in [-0.4, -0.2) is 23.5 Å². The Balaban J connectivity index is 1.77. The lowest BCUT2D eigenvalue weighted by molar-refractivity contribution is -0.126. The molecule has 3 heterocycles. The molecule has 0 N–H and O–H groups in total. The number of fused-ring (bicyclic) bond motifs is 5. The monoisotopic (exact) mass is 269 g/mol. The fourth-order valence-electron chi connectivity index (χ4n) is 3.60. The largest absolute Gasteiger partial charge is 0.362 e. The molecule has 2 bridgehead atoms. The van der Waals surface area contributed by atoms with E-state index in [2.05, 4.69) is 0 Å². The number of ether oxygens (including phenoxy) is 1. The Hall–Kier alpha value is -1.94. The molecule has 0 aromatic heterocycles. The number of amides is 2. The molecule has 2 saturated heterocycles. The second-order valence-corrected chi connectivity index (χ2v) is 5.98. The minimum Gasteiger partial charge on any atom is -0.362 e. The zero-order chi connectivity index (χ0) is 14.1. The van der Waals surface area contributed by atoms with E-state index in [-0.39, 0.29) is 29.8 Å². The van der Waals surface area contributed by atoms with Gasteiger partial charge in [-0.2, -0.15) is 0 Å². The third kappa shape index (κ3) is 1.29. The summed E-state index contributed by atoms with van der Waals surface area (Å²) in [6, 6.07) is 7.47. The van der Waals surface area contributed by atoms with E-state index in [0.717, 1.165) is 5.56 Å². The van der Waals surface area contributed by atoms with Crippen LogP contribution < -0.4 is 4.90 Å². The fraction of sp³-hybridized carbons (Fsp3) is 0.375. The molecule has 20 heavy (non-hydrogen) atoms. The number of nitrogens with zero attached hydrogens (tertiary/aromatic N) is 1.